The van der Waals surface area contributed by atoms with E-state index in [1.165, 1.54) is 11.1 Å². The normalized spacial score (nSPS) is 9.61. The van der Waals surface area contributed by atoms with Gasteiger partial charge in [0.1, 0.15) is 0 Å². The molecule has 1 nitrogen and oxygen atoms in total. The molecule has 0 aromatic heterocycles. The highest BCUT2D eigenvalue weighted by atomic mass is 14.8. The minimum Gasteiger partial charge on any atom is -0.302 e. The van der Waals surface area contributed by atoms with Crippen molar-refractivity contribution in [3.05, 3.63) is 71.3 Å². The fourth-order valence-electron chi connectivity index (χ4n) is 1.74. The van der Waals surface area contributed by atoms with Crippen LogP contribution < -0.4 is 5.32 Å². The van der Waals surface area contributed by atoms with Crippen molar-refractivity contribution in [2.45, 2.75) is 13.5 Å². The molecule has 0 atom stereocenters. The molecular formula is C17H17N. The van der Waals surface area contributed by atoms with Gasteiger partial charge in [0.15, 0.2) is 0 Å². The molecule has 2 aromatic carbocycles. The van der Waals surface area contributed by atoms with Crippen LogP contribution in [0.3, 0.4) is 0 Å². The molecular weight excluding hydrogens is 218 g/mol. The highest BCUT2D eigenvalue weighted by molar-refractivity contribution is 5.33. The van der Waals surface area contributed by atoms with Crippen LogP contribution in [-0.4, -0.2) is 6.54 Å². The monoisotopic (exact) mass is 235 g/mol. The van der Waals surface area contributed by atoms with Gasteiger partial charge in [0.2, 0.25) is 0 Å². The van der Waals surface area contributed by atoms with Gasteiger partial charge < -0.3 is 5.32 Å². The molecule has 0 bridgehead atoms. The standard InChI is InChI=1S/C17H17N/c1-15-8-5-6-12-17(15)14-18-13-7-11-16-9-3-2-4-10-16/h2-6,8-10,12,18H,13-14H2,1H3. The van der Waals surface area contributed by atoms with Crippen LogP contribution in [0.4, 0.5) is 0 Å². The summed E-state index contributed by atoms with van der Waals surface area (Å²) in [5.74, 6) is 6.26. The topological polar surface area (TPSA) is 12.0 Å². The molecule has 0 heterocycles. The van der Waals surface area contributed by atoms with Gasteiger partial charge >= 0.3 is 0 Å². The van der Waals surface area contributed by atoms with Crippen LogP contribution in [0.15, 0.2) is 54.6 Å². The fourth-order valence-corrected chi connectivity index (χ4v) is 1.74. The van der Waals surface area contributed by atoms with E-state index in [1.807, 2.05) is 30.3 Å². The fraction of sp³-hybridized carbons (Fsp3) is 0.176. The third-order valence-electron chi connectivity index (χ3n) is 2.80. The zero-order valence-corrected chi connectivity index (χ0v) is 10.6. The summed E-state index contributed by atoms with van der Waals surface area (Å²) in [6, 6.07) is 18.5. The zero-order valence-electron chi connectivity index (χ0n) is 10.6. The Labute approximate surface area is 109 Å². The Morgan fingerprint density at radius 1 is 0.944 bits per heavy atom. The van der Waals surface area contributed by atoms with E-state index in [9.17, 15) is 0 Å². The van der Waals surface area contributed by atoms with Crippen molar-refractivity contribution in [1.29, 1.82) is 0 Å². The predicted molar refractivity (Wildman–Crippen MR) is 76.2 cm³/mol. The van der Waals surface area contributed by atoms with E-state index in [4.69, 9.17) is 0 Å². The van der Waals surface area contributed by atoms with Crippen molar-refractivity contribution in [3.8, 4) is 11.8 Å². The lowest BCUT2D eigenvalue weighted by atomic mass is 10.1. The number of aryl methyl sites for hydroxylation is 1. The Morgan fingerprint density at radius 3 is 2.44 bits per heavy atom. The van der Waals surface area contributed by atoms with Gasteiger partial charge in [-0.05, 0) is 30.2 Å². The summed E-state index contributed by atoms with van der Waals surface area (Å²) in [4.78, 5) is 0. The quantitative estimate of drug-likeness (QED) is 0.636. The zero-order chi connectivity index (χ0) is 12.6. The molecule has 18 heavy (non-hydrogen) atoms. The number of hydrogen-bond donors (Lipinski definition) is 1. The number of rotatable bonds is 3. The van der Waals surface area contributed by atoms with Crippen LogP contribution in [0.5, 0.6) is 0 Å². The smallest absolute Gasteiger partial charge is 0.0582 e. The summed E-state index contributed by atoms with van der Waals surface area (Å²) in [6.45, 7) is 3.71. The SMILES string of the molecule is Cc1ccccc1CNCC#Cc1ccccc1. The minimum atomic E-state index is 0.712. The van der Waals surface area contributed by atoms with Crippen molar-refractivity contribution in [1.82, 2.24) is 5.32 Å². The molecule has 0 unspecified atom stereocenters. The molecule has 1 heteroatoms. The van der Waals surface area contributed by atoms with E-state index in [1.54, 1.807) is 0 Å². The molecule has 0 saturated heterocycles. The highest BCUT2D eigenvalue weighted by Crippen LogP contribution is 2.05. The highest BCUT2D eigenvalue weighted by Gasteiger charge is 1.94. The second-order valence-corrected chi connectivity index (χ2v) is 4.20. The van der Waals surface area contributed by atoms with E-state index in [0.29, 0.717) is 6.54 Å². The molecule has 0 spiro atoms. The van der Waals surface area contributed by atoms with Gasteiger partial charge in [-0.1, -0.05) is 54.3 Å². The van der Waals surface area contributed by atoms with E-state index < -0.39 is 0 Å². The summed E-state index contributed by atoms with van der Waals surface area (Å²) in [5.41, 5.74) is 3.72. The van der Waals surface area contributed by atoms with E-state index in [2.05, 4.69) is 48.3 Å². The van der Waals surface area contributed by atoms with Crippen LogP contribution in [0.25, 0.3) is 0 Å². The van der Waals surface area contributed by atoms with E-state index in [-0.39, 0.29) is 0 Å². The molecule has 0 aliphatic carbocycles. The summed E-state index contributed by atoms with van der Waals surface area (Å²) >= 11 is 0. The Bertz CT molecular complexity index is 547. The lowest BCUT2D eigenvalue weighted by Crippen LogP contribution is -2.13. The first kappa shape index (κ1) is 12.4. The number of hydrogen-bond acceptors (Lipinski definition) is 1. The third-order valence-corrected chi connectivity index (χ3v) is 2.80. The molecule has 0 saturated carbocycles. The first-order chi connectivity index (χ1) is 8.86. The molecule has 0 fully saturated rings. The molecule has 2 aromatic rings. The maximum atomic E-state index is 3.34. The Kier molecular flexibility index (Phi) is 4.58. The van der Waals surface area contributed by atoms with Crippen molar-refractivity contribution in [3.63, 3.8) is 0 Å². The molecule has 0 aliphatic rings. The van der Waals surface area contributed by atoms with Crippen molar-refractivity contribution in [2.75, 3.05) is 6.54 Å². The van der Waals surface area contributed by atoms with Gasteiger partial charge in [-0.15, -0.1) is 0 Å². The largest absolute Gasteiger partial charge is 0.302 e. The summed E-state index contributed by atoms with van der Waals surface area (Å²) in [5, 5.41) is 3.34. The second-order valence-electron chi connectivity index (χ2n) is 4.20. The van der Waals surface area contributed by atoms with Gasteiger partial charge in [0, 0.05) is 12.1 Å². The average molecular weight is 235 g/mol. The molecule has 2 rings (SSSR count). The molecule has 0 amide bonds. The summed E-state index contributed by atoms with van der Waals surface area (Å²) in [7, 11) is 0. The first-order valence-corrected chi connectivity index (χ1v) is 6.15. The summed E-state index contributed by atoms with van der Waals surface area (Å²) in [6.07, 6.45) is 0. The lowest BCUT2D eigenvalue weighted by molar-refractivity contribution is 0.766. The van der Waals surface area contributed by atoms with Gasteiger partial charge in [-0.3, -0.25) is 0 Å². The third kappa shape index (κ3) is 3.76. The number of nitrogens with one attached hydrogen (secondary N) is 1. The molecule has 0 radical (unpaired) electrons. The average Bonchev–Trinajstić information content (AvgIpc) is 2.42. The van der Waals surface area contributed by atoms with Gasteiger partial charge in [-0.25, -0.2) is 0 Å². The Balaban J connectivity index is 1.81. The van der Waals surface area contributed by atoms with Gasteiger partial charge in [0.25, 0.3) is 0 Å². The minimum absolute atomic E-state index is 0.712. The summed E-state index contributed by atoms with van der Waals surface area (Å²) < 4.78 is 0. The molecule has 90 valence electrons. The van der Waals surface area contributed by atoms with Gasteiger partial charge in [-0.2, -0.15) is 0 Å². The maximum Gasteiger partial charge on any atom is 0.0582 e. The van der Waals surface area contributed by atoms with Crippen molar-refractivity contribution >= 4 is 0 Å². The van der Waals surface area contributed by atoms with Crippen LogP contribution in [0, 0.1) is 18.8 Å². The van der Waals surface area contributed by atoms with E-state index in [0.717, 1.165) is 12.1 Å². The Morgan fingerprint density at radius 2 is 1.67 bits per heavy atom. The van der Waals surface area contributed by atoms with Crippen LogP contribution >= 0.6 is 0 Å². The van der Waals surface area contributed by atoms with Crippen LogP contribution in [0.2, 0.25) is 0 Å². The van der Waals surface area contributed by atoms with Gasteiger partial charge in [0.05, 0.1) is 6.54 Å². The lowest BCUT2D eigenvalue weighted by Gasteiger charge is -2.04. The van der Waals surface area contributed by atoms with Crippen LogP contribution in [-0.2, 0) is 6.54 Å². The molecule has 0 aliphatic heterocycles. The maximum absolute atomic E-state index is 3.34. The Hall–Kier alpha value is -2.04. The second kappa shape index (κ2) is 6.64. The first-order valence-electron chi connectivity index (χ1n) is 6.15. The van der Waals surface area contributed by atoms with Crippen LogP contribution in [0.1, 0.15) is 16.7 Å². The number of benzene rings is 2. The predicted octanol–water partition coefficient (Wildman–Crippen LogP) is 3.14. The molecule has 1 N–H and O–H groups in total. The van der Waals surface area contributed by atoms with E-state index >= 15 is 0 Å². The van der Waals surface area contributed by atoms with Crippen molar-refractivity contribution in [2.24, 2.45) is 0 Å². The van der Waals surface area contributed by atoms with Crippen molar-refractivity contribution < 1.29 is 0 Å².